The molecule has 2 aromatic rings. The minimum absolute atomic E-state index is 0.369. The molecule has 1 unspecified atom stereocenters. The van der Waals surface area contributed by atoms with Crippen LogP contribution < -0.4 is 4.74 Å². The van der Waals surface area contributed by atoms with Crippen molar-refractivity contribution in [2.45, 2.75) is 45.4 Å². The summed E-state index contributed by atoms with van der Waals surface area (Å²) < 4.78 is 8.92. The Morgan fingerprint density at radius 2 is 2.24 bits per heavy atom. The molecule has 1 N–H and O–H groups in total. The van der Waals surface area contributed by atoms with E-state index in [1.54, 1.807) is 6.92 Å². The largest absolute Gasteiger partial charge is 0.485 e. The fraction of sp³-hybridized carbons (Fsp3) is 0.467. The third-order valence-electron chi connectivity index (χ3n) is 3.71. The number of rotatable bonds is 4. The minimum atomic E-state index is -0.579. The van der Waals surface area contributed by atoms with Gasteiger partial charge < -0.3 is 14.4 Å². The van der Waals surface area contributed by atoms with Gasteiger partial charge in [0.25, 0.3) is 0 Å². The smallest absolute Gasteiger partial charge is 0.171 e. The molecule has 1 aliphatic rings. The first-order chi connectivity index (χ1) is 10.1. The van der Waals surface area contributed by atoms with Gasteiger partial charge in [-0.25, -0.2) is 0 Å². The predicted octanol–water partition coefficient (Wildman–Crippen LogP) is 3.01. The summed E-state index contributed by atoms with van der Waals surface area (Å²) in [6.07, 6.45) is 2.75. The Labute approximate surface area is 132 Å². The van der Waals surface area contributed by atoms with Crippen LogP contribution in [0.1, 0.15) is 43.1 Å². The number of aliphatic hydroxyl groups is 1. The van der Waals surface area contributed by atoms with E-state index in [-0.39, 0.29) is 0 Å². The number of aliphatic hydroxyl groups excluding tert-OH is 1. The van der Waals surface area contributed by atoms with Gasteiger partial charge in [-0.15, -0.1) is 10.2 Å². The predicted molar refractivity (Wildman–Crippen MR) is 82.1 cm³/mol. The van der Waals surface area contributed by atoms with Crippen LogP contribution in [0.3, 0.4) is 0 Å². The average Bonchev–Trinajstić information content (AvgIpc) is 2.89. The molecular formula is C15H18BrN3O2. The Hall–Kier alpha value is -1.40. The Morgan fingerprint density at radius 3 is 3.05 bits per heavy atom. The van der Waals surface area contributed by atoms with Crippen molar-refractivity contribution in [1.82, 2.24) is 14.8 Å². The van der Waals surface area contributed by atoms with Crippen LogP contribution in [0.4, 0.5) is 0 Å². The number of aryl methyl sites for hydroxylation is 1. The molecule has 112 valence electrons. The van der Waals surface area contributed by atoms with Gasteiger partial charge in [-0.1, -0.05) is 15.9 Å². The number of nitrogens with zero attached hydrogens (tertiary/aromatic N) is 3. The topological polar surface area (TPSA) is 60.2 Å². The molecule has 2 heterocycles. The summed E-state index contributed by atoms with van der Waals surface area (Å²) in [5.41, 5.74) is 0.766. The molecule has 0 aliphatic carbocycles. The fourth-order valence-corrected chi connectivity index (χ4v) is 2.97. The Morgan fingerprint density at radius 1 is 1.38 bits per heavy atom. The van der Waals surface area contributed by atoms with E-state index in [2.05, 4.69) is 30.7 Å². The highest BCUT2D eigenvalue weighted by molar-refractivity contribution is 9.10. The lowest BCUT2D eigenvalue weighted by molar-refractivity contribution is 0.189. The quantitative estimate of drug-likeness (QED) is 0.919. The second-order valence-electron chi connectivity index (χ2n) is 5.29. The van der Waals surface area contributed by atoms with Gasteiger partial charge in [-0.3, -0.25) is 0 Å². The SMILES string of the molecule is CC(O)c1cc(Br)ccc1OCc1nnc2n1CCCC2. The van der Waals surface area contributed by atoms with Crippen molar-refractivity contribution in [3.63, 3.8) is 0 Å². The summed E-state index contributed by atoms with van der Waals surface area (Å²) in [7, 11) is 0. The van der Waals surface area contributed by atoms with E-state index < -0.39 is 6.10 Å². The van der Waals surface area contributed by atoms with Gasteiger partial charge in [0.2, 0.25) is 0 Å². The second-order valence-corrected chi connectivity index (χ2v) is 6.20. The number of benzene rings is 1. The molecule has 5 nitrogen and oxygen atoms in total. The van der Waals surface area contributed by atoms with Crippen molar-refractivity contribution in [1.29, 1.82) is 0 Å². The molecule has 0 fully saturated rings. The molecule has 0 saturated heterocycles. The molecule has 0 radical (unpaired) electrons. The number of fused-ring (bicyclic) bond motifs is 1. The first kappa shape index (κ1) is 14.5. The number of aromatic nitrogens is 3. The Kier molecular flexibility index (Phi) is 4.26. The maximum absolute atomic E-state index is 9.84. The van der Waals surface area contributed by atoms with Gasteiger partial charge in [0.1, 0.15) is 18.2 Å². The summed E-state index contributed by atoms with van der Waals surface area (Å²) >= 11 is 3.41. The lowest BCUT2D eigenvalue weighted by atomic mass is 10.1. The third kappa shape index (κ3) is 3.11. The van der Waals surface area contributed by atoms with E-state index in [0.717, 1.165) is 41.1 Å². The zero-order valence-corrected chi connectivity index (χ0v) is 13.5. The van der Waals surface area contributed by atoms with Crippen LogP contribution in [0, 0.1) is 0 Å². The van der Waals surface area contributed by atoms with Crippen molar-refractivity contribution in [3.8, 4) is 5.75 Å². The lowest BCUT2D eigenvalue weighted by Gasteiger charge is -2.16. The van der Waals surface area contributed by atoms with Gasteiger partial charge in [0, 0.05) is 23.0 Å². The lowest BCUT2D eigenvalue weighted by Crippen LogP contribution is -2.14. The first-order valence-electron chi connectivity index (χ1n) is 7.16. The molecule has 0 saturated carbocycles. The monoisotopic (exact) mass is 351 g/mol. The van der Waals surface area contributed by atoms with E-state index in [9.17, 15) is 5.11 Å². The zero-order valence-electron chi connectivity index (χ0n) is 11.9. The molecule has 0 spiro atoms. The molecule has 1 atom stereocenters. The summed E-state index contributed by atoms with van der Waals surface area (Å²) in [6.45, 7) is 3.06. The van der Waals surface area contributed by atoms with Crippen molar-refractivity contribution < 1.29 is 9.84 Å². The third-order valence-corrected chi connectivity index (χ3v) is 4.21. The van der Waals surface area contributed by atoms with E-state index in [4.69, 9.17) is 4.74 Å². The standard InChI is InChI=1S/C15H18BrN3O2/c1-10(20)12-8-11(16)5-6-13(12)21-9-15-18-17-14-4-2-3-7-19(14)15/h5-6,8,10,20H,2-4,7,9H2,1H3. The van der Waals surface area contributed by atoms with Gasteiger partial charge in [0.15, 0.2) is 5.82 Å². The van der Waals surface area contributed by atoms with Gasteiger partial charge in [-0.2, -0.15) is 0 Å². The van der Waals surface area contributed by atoms with Crippen LogP contribution in [0.25, 0.3) is 0 Å². The highest BCUT2D eigenvalue weighted by Gasteiger charge is 2.17. The Balaban J connectivity index is 1.77. The maximum Gasteiger partial charge on any atom is 0.171 e. The molecule has 0 amide bonds. The number of hydrogen-bond donors (Lipinski definition) is 1. The molecule has 1 aromatic carbocycles. The van der Waals surface area contributed by atoms with Crippen molar-refractivity contribution in [2.75, 3.05) is 0 Å². The van der Waals surface area contributed by atoms with Crippen LogP contribution in [-0.4, -0.2) is 19.9 Å². The van der Waals surface area contributed by atoms with Gasteiger partial charge in [-0.05, 0) is 38.0 Å². The van der Waals surface area contributed by atoms with Crippen molar-refractivity contribution in [2.24, 2.45) is 0 Å². The molecular weight excluding hydrogens is 334 g/mol. The van der Waals surface area contributed by atoms with Crippen LogP contribution >= 0.6 is 15.9 Å². The van der Waals surface area contributed by atoms with Crippen LogP contribution in [0.2, 0.25) is 0 Å². The summed E-state index contributed by atoms with van der Waals surface area (Å²) in [6, 6.07) is 5.64. The second kappa shape index (κ2) is 6.15. The minimum Gasteiger partial charge on any atom is -0.485 e. The molecule has 1 aliphatic heterocycles. The highest BCUT2D eigenvalue weighted by atomic mass is 79.9. The van der Waals surface area contributed by atoms with Crippen molar-refractivity contribution in [3.05, 3.63) is 39.9 Å². The van der Waals surface area contributed by atoms with E-state index in [1.807, 2.05) is 18.2 Å². The van der Waals surface area contributed by atoms with Crippen LogP contribution in [0.5, 0.6) is 5.75 Å². The normalized spacial score (nSPS) is 15.6. The molecule has 1 aromatic heterocycles. The number of hydrogen-bond acceptors (Lipinski definition) is 4. The van der Waals surface area contributed by atoms with E-state index in [0.29, 0.717) is 12.4 Å². The summed E-state index contributed by atoms with van der Waals surface area (Å²) in [4.78, 5) is 0. The van der Waals surface area contributed by atoms with Gasteiger partial charge in [0.05, 0.1) is 6.10 Å². The fourth-order valence-electron chi connectivity index (χ4n) is 2.59. The van der Waals surface area contributed by atoms with Crippen LogP contribution in [0.15, 0.2) is 22.7 Å². The summed E-state index contributed by atoms with van der Waals surface area (Å²) in [5, 5.41) is 18.3. The maximum atomic E-state index is 9.84. The summed E-state index contributed by atoms with van der Waals surface area (Å²) in [5.74, 6) is 2.58. The molecule has 6 heteroatoms. The van der Waals surface area contributed by atoms with E-state index >= 15 is 0 Å². The first-order valence-corrected chi connectivity index (χ1v) is 7.95. The van der Waals surface area contributed by atoms with E-state index in [1.165, 1.54) is 6.42 Å². The van der Waals surface area contributed by atoms with Crippen LogP contribution in [-0.2, 0) is 19.6 Å². The van der Waals surface area contributed by atoms with Gasteiger partial charge >= 0.3 is 0 Å². The highest BCUT2D eigenvalue weighted by Crippen LogP contribution is 2.29. The Bertz CT molecular complexity index is 640. The zero-order chi connectivity index (χ0) is 14.8. The molecule has 3 rings (SSSR count). The molecule has 0 bridgehead atoms. The number of halogens is 1. The van der Waals surface area contributed by atoms with Crippen molar-refractivity contribution >= 4 is 15.9 Å². The average molecular weight is 352 g/mol. The number of ether oxygens (including phenoxy) is 1. The molecule has 21 heavy (non-hydrogen) atoms.